The van der Waals surface area contributed by atoms with E-state index in [9.17, 15) is 14.4 Å². The molecule has 1 aliphatic carbocycles. The summed E-state index contributed by atoms with van der Waals surface area (Å²) >= 11 is 0. The standard InChI is InChI=1S/C25H25N5O5/c26-22-10-9-16(28-29-22)13-23(31)30(14-24(32)33)12-11-27-25(34)35-15-21-19-7-3-1-5-17(19)18-6-2-4-8-20(18)21/h1-10,21H,11-15H2,(H2,26,29)(H,27,34)(H,32,33). The molecule has 0 atom stereocenters. The number of anilines is 1. The van der Waals surface area contributed by atoms with Crippen LogP contribution in [0, 0.1) is 0 Å². The number of hydrogen-bond donors (Lipinski definition) is 3. The maximum Gasteiger partial charge on any atom is 0.407 e. The van der Waals surface area contributed by atoms with Crippen LogP contribution in [-0.2, 0) is 20.7 Å². The van der Waals surface area contributed by atoms with E-state index >= 15 is 0 Å². The highest BCUT2D eigenvalue weighted by Crippen LogP contribution is 2.44. The molecule has 2 amide bonds. The van der Waals surface area contributed by atoms with Crippen LogP contribution in [0.15, 0.2) is 60.7 Å². The third-order valence-electron chi connectivity index (χ3n) is 5.75. The molecule has 0 aliphatic heterocycles. The summed E-state index contributed by atoms with van der Waals surface area (Å²) in [5.41, 5.74) is 10.3. The Balaban J connectivity index is 1.30. The molecule has 10 nitrogen and oxygen atoms in total. The van der Waals surface area contributed by atoms with Crippen LogP contribution in [0.5, 0.6) is 0 Å². The first-order valence-corrected chi connectivity index (χ1v) is 11.1. The summed E-state index contributed by atoms with van der Waals surface area (Å²) in [5, 5.41) is 19.3. The fourth-order valence-electron chi connectivity index (χ4n) is 4.13. The van der Waals surface area contributed by atoms with Gasteiger partial charge in [0.2, 0.25) is 5.91 Å². The molecular weight excluding hydrogens is 450 g/mol. The Morgan fingerprint density at radius 3 is 2.23 bits per heavy atom. The van der Waals surface area contributed by atoms with E-state index in [1.54, 1.807) is 6.07 Å². The molecular formula is C25H25N5O5. The van der Waals surface area contributed by atoms with Gasteiger partial charge in [-0.2, -0.15) is 5.10 Å². The second-order valence-corrected chi connectivity index (χ2v) is 8.09. The Hall–Kier alpha value is -4.47. The van der Waals surface area contributed by atoms with Crippen LogP contribution >= 0.6 is 0 Å². The molecule has 1 aliphatic rings. The fourth-order valence-corrected chi connectivity index (χ4v) is 4.13. The van der Waals surface area contributed by atoms with Crippen molar-refractivity contribution in [3.8, 4) is 11.1 Å². The smallest absolute Gasteiger partial charge is 0.407 e. The van der Waals surface area contributed by atoms with Crippen molar-refractivity contribution in [3.63, 3.8) is 0 Å². The predicted octanol–water partition coefficient (Wildman–Crippen LogP) is 2.05. The van der Waals surface area contributed by atoms with Crippen molar-refractivity contribution in [2.45, 2.75) is 12.3 Å². The lowest BCUT2D eigenvalue weighted by Gasteiger charge is -2.21. The molecule has 35 heavy (non-hydrogen) atoms. The monoisotopic (exact) mass is 475 g/mol. The number of benzene rings is 2. The van der Waals surface area contributed by atoms with E-state index in [4.69, 9.17) is 15.6 Å². The minimum atomic E-state index is -1.16. The van der Waals surface area contributed by atoms with Crippen LogP contribution in [0.25, 0.3) is 11.1 Å². The van der Waals surface area contributed by atoms with Crippen molar-refractivity contribution < 1.29 is 24.2 Å². The topological polar surface area (TPSA) is 148 Å². The van der Waals surface area contributed by atoms with Gasteiger partial charge in [-0.1, -0.05) is 48.5 Å². The number of carbonyl (C=O) groups excluding carboxylic acids is 2. The van der Waals surface area contributed by atoms with Crippen LogP contribution < -0.4 is 11.1 Å². The van der Waals surface area contributed by atoms with Crippen LogP contribution in [0.2, 0.25) is 0 Å². The molecule has 4 N–H and O–H groups in total. The zero-order valence-corrected chi connectivity index (χ0v) is 18.9. The first-order valence-electron chi connectivity index (χ1n) is 11.1. The number of rotatable bonds is 9. The van der Waals surface area contributed by atoms with E-state index in [1.165, 1.54) is 6.07 Å². The van der Waals surface area contributed by atoms with Gasteiger partial charge in [-0.05, 0) is 34.4 Å². The van der Waals surface area contributed by atoms with Crippen molar-refractivity contribution >= 4 is 23.8 Å². The highest BCUT2D eigenvalue weighted by atomic mass is 16.5. The maximum atomic E-state index is 12.6. The van der Waals surface area contributed by atoms with E-state index in [-0.39, 0.29) is 37.9 Å². The number of alkyl carbamates (subject to hydrolysis) is 1. The Labute approximate surface area is 201 Å². The second-order valence-electron chi connectivity index (χ2n) is 8.09. The van der Waals surface area contributed by atoms with Crippen LogP contribution in [0.3, 0.4) is 0 Å². The summed E-state index contributed by atoms with van der Waals surface area (Å²) in [6.07, 6.45) is -0.773. The molecule has 0 unspecified atom stereocenters. The van der Waals surface area contributed by atoms with Crippen LogP contribution in [0.4, 0.5) is 10.6 Å². The number of nitrogens with one attached hydrogen (secondary N) is 1. The first-order chi connectivity index (χ1) is 16.9. The van der Waals surface area contributed by atoms with Gasteiger partial charge in [0.05, 0.1) is 12.1 Å². The lowest BCUT2D eigenvalue weighted by Crippen LogP contribution is -2.42. The number of carboxylic acids is 1. The number of aromatic nitrogens is 2. The third kappa shape index (κ3) is 5.72. The molecule has 180 valence electrons. The largest absolute Gasteiger partial charge is 0.480 e. The van der Waals surface area contributed by atoms with E-state index in [0.29, 0.717) is 5.69 Å². The van der Waals surface area contributed by atoms with Gasteiger partial charge in [0.25, 0.3) is 0 Å². The number of carbonyl (C=O) groups is 3. The van der Waals surface area contributed by atoms with E-state index in [2.05, 4.69) is 27.6 Å². The average Bonchev–Trinajstić information content (AvgIpc) is 3.17. The Bertz CT molecular complexity index is 1190. The van der Waals surface area contributed by atoms with E-state index < -0.39 is 24.5 Å². The van der Waals surface area contributed by atoms with Crippen molar-refractivity contribution in [1.29, 1.82) is 0 Å². The number of carboxylic acid groups (broad SMARTS) is 1. The number of ether oxygens (including phenoxy) is 1. The predicted molar refractivity (Wildman–Crippen MR) is 127 cm³/mol. The summed E-state index contributed by atoms with van der Waals surface area (Å²) < 4.78 is 5.47. The molecule has 2 aromatic carbocycles. The zero-order valence-electron chi connectivity index (χ0n) is 18.9. The second kappa shape index (κ2) is 10.6. The Morgan fingerprint density at radius 1 is 0.971 bits per heavy atom. The summed E-state index contributed by atoms with van der Waals surface area (Å²) in [4.78, 5) is 37.2. The molecule has 0 bridgehead atoms. The number of nitrogen functional groups attached to an aromatic ring is 1. The molecule has 0 saturated heterocycles. The van der Waals surface area contributed by atoms with Crippen molar-refractivity contribution in [2.24, 2.45) is 0 Å². The van der Waals surface area contributed by atoms with Gasteiger partial charge in [-0.3, -0.25) is 9.59 Å². The van der Waals surface area contributed by atoms with Gasteiger partial charge in [-0.15, -0.1) is 5.10 Å². The normalized spacial score (nSPS) is 11.9. The number of nitrogens with two attached hydrogens (primary N) is 1. The first kappa shape index (κ1) is 23.7. The molecule has 3 aromatic rings. The minimum absolute atomic E-state index is 0.00225. The number of nitrogens with zero attached hydrogens (tertiary/aromatic N) is 3. The van der Waals surface area contributed by atoms with E-state index in [1.807, 2.05) is 36.4 Å². The summed E-state index contributed by atoms with van der Waals surface area (Å²) in [6.45, 7) is -0.318. The molecule has 4 rings (SSSR count). The Kier molecular flexibility index (Phi) is 7.20. The molecule has 0 saturated carbocycles. The van der Waals surface area contributed by atoms with E-state index in [0.717, 1.165) is 27.2 Å². The number of amides is 2. The lowest BCUT2D eigenvalue weighted by molar-refractivity contribution is -0.144. The summed E-state index contributed by atoms with van der Waals surface area (Å²) in [6, 6.07) is 19.1. The highest BCUT2D eigenvalue weighted by molar-refractivity contribution is 5.83. The van der Waals surface area contributed by atoms with Crippen molar-refractivity contribution in [1.82, 2.24) is 20.4 Å². The van der Waals surface area contributed by atoms with Gasteiger partial charge in [-0.25, -0.2) is 4.79 Å². The maximum absolute atomic E-state index is 12.6. The van der Waals surface area contributed by atoms with Crippen LogP contribution in [-0.4, -0.2) is 64.4 Å². The summed E-state index contributed by atoms with van der Waals surface area (Å²) in [7, 11) is 0. The number of fused-ring (bicyclic) bond motifs is 3. The lowest BCUT2D eigenvalue weighted by atomic mass is 9.98. The molecule has 0 radical (unpaired) electrons. The molecule has 0 fully saturated rings. The van der Waals surface area contributed by atoms with Crippen molar-refractivity contribution in [2.75, 3.05) is 32.0 Å². The fraction of sp³-hybridized carbons (Fsp3) is 0.240. The number of aliphatic carboxylic acids is 1. The highest BCUT2D eigenvalue weighted by Gasteiger charge is 2.29. The van der Waals surface area contributed by atoms with Gasteiger partial charge < -0.3 is 25.8 Å². The molecule has 1 heterocycles. The zero-order chi connectivity index (χ0) is 24.8. The molecule has 0 spiro atoms. The van der Waals surface area contributed by atoms with Crippen LogP contribution in [0.1, 0.15) is 22.7 Å². The van der Waals surface area contributed by atoms with Gasteiger partial charge >= 0.3 is 12.1 Å². The van der Waals surface area contributed by atoms with Gasteiger partial charge in [0, 0.05) is 19.0 Å². The SMILES string of the molecule is Nc1ccc(CC(=O)N(CCNC(=O)OCC2c3ccccc3-c3ccccc32)CC(=O)O)nn1. The summed E-state index contributed by atoms with van der Waals surface area (Å²) in [5.74, 6) is -1.47. The Morgan fingerprint density at radius 2 is 1.63 bits per heavy atom. The quantitative estimate of drug-likeness (QED) is 0.426. The van der Waals surface area contributed by atoms with Gasteiger partial charge in [0.1, 0.15) is 19.0 Å². The van der Waals surface area contributed by atoms with Crippen molar-refractivity contribution in [3.05, 3.63) is 77.5 Å². The van der Waals surface area contributed by atoms with Gasteiger partial charge in [0.15, 0.2) is 0 Å². The average molecular weight is 476 g/mol. The molecule has 10 heteroatoms. The molecule has 1 aromatic heterocycles. The minimum Gasteiger partial charge on any atom is -0.480 e. The third-order valence-corrected chi connectivity index (χ3v) is 5.75. The number of hydrogen-bond acceptors (Lipinski definition) is 7.